The van der Waals surface area contributed by atoms with E-state index in [1.807, 2.05) is 0 Å². The lowest BCUT2D eigenvalue weighted by Crippen LogP contribution is -2.29. The van der Waals surface area contributed by atoms with Crippen LogP contribution in [0.5, 0.6) is 5.75 Å². The van der Waals surface area contributed by atoms with Crippen LogP contribution in [-0.2, 0) is 19.1 Å². The first-order valence-electron chi connectivity index (χ1n) is 9.31. The second kappa shape index (κ2) is 11.5. The topological polar surface area (TPSA) is 125 Å². The van der Waals surface area contributed by atoms with Crippen molar-refractivity contribution in [2.45, 2.75) is 34.1 Å². The summed E-state index contributed by atoms with van der Waals surface area (Å²) < 4.78 is 10.9. The first kappa shape index (κ1) is 24.5. The number of carbonyl (C=O) groups is 4. The third-order valence-electron chi connectivity index (χ3n) is 4.06. The van der Waals surface area contributed by atoms with Gasteiger partial charge in [-0.25, -0.2) is 14.3 Å². The van der Waals surface area contributed by atoms with Crippen LogP contribution in [0.3, 0.4) is 0 Å². The van der Waals surface area contributed by atoms with Crippen LogP contribution >= 0.6 is 0 Å². The highest BCUT2D eigenvalue weighted by Gasteiger charge is 2.28. The number of hydrogen-bond donors (Lipinski definition) is 1. The number of aryl methyl sites for hydroxylation is 1. The predicted octanol–water partition coefficient (Wildman–Crippen LogP) is 2.62. The number of methoxy groups -OCH3 is 1. The van der Waals surface area contributed by atoms with E-state index in [1.165, 1.54) is 17.7 Å². The zero-order valence-corrected chi connectivity index (χ0v) is 17.7. The number of Topliss-reactive ketones (excluding diaryl/α,β-unsaturated/α-hetero) is 2. The molecular formula is C21H26N2O7. The Balaban J connectivity index is 0.000000314. The van der Waals surface area contributed by atoms with Crippen molar-refractivity contribution in [2.75, 3.05) is 13.7 Å². The van der Waals surface area contributed by atoms with Gasteiger partial charge in [-0.2, -0.15) is 5.10 Å². The first-order chi connectivity index (χ1) is 14.2. The lowest BCUT2D eigenvalue weighted by molar-refractivity contribution is -0.156. The fourth-order valence-electron chi connectivity index (χ4n) is 2.57. The van der Waals surface area contributed by atoms with Crippen LogP contribution in [0, 0.1) is 12.8 Å². The molecule has 0 bridgehead atoms. The highest BCUT2D eigenvalue weighted by molar-refractivity contribution is 6.38. The van der Waals surface area contributed by atoms with E-state index in [-0.39, 0.29) is 18.1 Å². The summed E-state index contributed by atoms with van der Waals surface area (Å²) in [6, 6.07) is 8.58. The Kier molecular flexibility index (Phi) is 9.41. The van der Waals surface area contributed by atoms with Crippen molar-refractivity contribution in [2.24, 2.45) is 5.92 Å². The SMILES string of the molecule is CCOC(=O)C(=O)C(CC)C(C)=O.COc1ccc(-n2nc(C)cc2C(=O)O)cc1. The molecule has 1 atom stereocenters. The number of nitrogens with zero attached hydrogens (tertiary/aromatic N) is 2. The third kappa shape index (κ3) is 6.54. The van der Waals surface area contributed by atoms with Gasteiger partial charge >= 0.3 is 11.9 Å². The molecule has 0 saturated carbocycles. The number of ketones is 2. The third-order valence-corrected chi connectivity index (χ3v) is 4.06. The molecule has 9 nitrogen and oxygen atoms in total. The van der Waals surface area contributed by atoms with Crippen LogP contribution < -0.4 is 4.74 Å². The van der Waals surface area contributed by atoms with E-state index in [0.717, 1.165) is 5.75 Å². The van der Waals surface area contributed by atoms with Gasteiger partial charge in [-0.1, -0.05) is 6.92 Å². The summed E-state index contributed by atoms with van der Waals surface area (Å²) in [7, 11) is 1.58. The maximum Gasteiger partial charge on any atom is 0.375 e. The normalized spacial score (nSPS) is 11.0. The summed E-state index contributed by atoms with van der Waals surface area (Å²) in [5.41, 5.74) is 1.50. The van der Waals surface area contributed by atoms with E-state index in [0.29, 0.717) is 17.8 Å². The Labute approximate surface area is 174 Å². The molecule has 0 aliphatic heterocycles. The smallest absolute Gasteiger partial charge is 0.375 e. The van der Waals surface area contributed by atoms with Crippen LogP contribution in [0.1, 0.15) is 43.4 Å². The molecule has 30 heavy (non-hydrogen) atoms. The van der Waals surface area contributed by atoms with Crippen molar-refractivity contribution in [1.82, 2.24) is 9.78 Å². The molecule has 0 spiro atoms. The van der Waals surface area contributed by atoms with E-state index in [1.54, 1.807) is 52.1 Å². The zero-order chi connectivity index (χ0) is 22.8. The van der Waals surface area contributed by atoms with Gasteiger partial charge in [0.25, 0.3) is 0 Å². The van der Waals surface area contributed by atoms with Gasteiger partial charge in [0.15, 0.2) is 5.69 Å². The van der Waals surface area contributed by atoms with Crippen LogP contribution in [0.25, 0.3) is 5.69 Å². The second-order valence-electron chi connectivity index (χ2n) is 6.24. The molecule has 0 aliphatic carbocycles. The van der Waals surface area contributed by atoms with Crippen LogP contribution in [0.2, 0.25) is 0 Å². The van der Waals surface area contributed by atoms with Crippen LogP contribution in [0.15, 0.2) is 30.3 Å². The molecule has 0 amide bonds. The summed E-state index contributed by atoms with van der Waals surface area (Å²) in [4.78, 5) is 44.1. The van der Waals surface area contributed by atoms with Crippen molar-refractivity contribution in [3.8, 4) is 11.4 Å². The number of benzene rings is 1. The standard InChI is InChI=1S/C12H12N2O3.C9H14O4/c1-8-7-11(12(15)16)14(13-8)9-3-5-10(17-2)6-4-9;1-4-7(6(3)10)8(11)9(12)13-5-2/h3-7H,1-2H3,(H,15,16);7H,4-5H2,1-3H3. The molecule has 162 valence electrons. The molecule has 9 heteroatoms. The lowest BCUT2D eigenvalue weighted by atomic mass is 9.97. The van der Waals surface area contributed by atoms with E-state index >= 15 is 0 Å². The van der Waals surface area contributed by atoms with E-state index in [2.05, 4.69) is 9.84 Å². The number of carbonyl (C=O) groups excluding carboxylic acids is 3. The maximum absolute atomic E-state index is 11.2. The molecule has 0 saturated heterocycles. The largest absolute Gasteiger partial charge is 0.497 e. The molecule has 2 rings (SSSR count). The molecular weight excluding hydrogens is 392 g/mol. The van der Waals surface area contributed by atoms with Gasteiger partial charge in [-0.05, 0) is 57.5 Å². The highest BCUT2D eigenvalue weighted by atomic mass is 16.5. The molecule has 1 N–H and O–H groups in total. The van der Waals surface area contributed by atoms with E-state index in [9.17, 15) is 19.2 Å². The van der Waals surface area contributed by atoms with E-state index < -0.39 is 23.6 Å². The molecule has 0 aliphatic rings. The minimum Gasteiger partial charge on any atom is -0.497 e. The van der Waals surface area contributed by atoms with Gasteiger partial charge < -0.3 is 14.6 Å². The number of hydrogen-bond acceptors (Lipinski definition) is 7. The summed E-state index contributed by atoms with van der Waals surface area (Å²) >= 11 is 0. The number of carboxylic acid groups (broad SMARTS) is 1. The van der Waals surface area contributed by atoms with Crippen LogP contribution in [0.4, 0.5) is 0 Å². The summed E-state index contributed by atoms with van der Waals surface area (Å²) in [5, 5.41) is 13.2. The molecule has 1 heterocycles. The number of carboxylic acids is 1. The summed E-state index contributed by atoms with van der Waals surface area (Å²) in [6.45, 7) is 6.50. The average Bonchev–Trinajstić information content (AvgIpc) is 3.11. The number of rotatable bonds is 8. The Morgan fingerprint density at radius 1 is 1.13 bits per heavy atom. The Morgan fingerprint density at radius 3 is 2.17 bits per heavy atom. The minimum absolute atomic E-state index is 0.146. The number of esters is 1. The first-order valence-corrected chi connectivity index (χ1v) is 9.31. The number of aromatic carboxylic acids is 1. The molecule has 1 aromatic carbocycles. The molecule has 1 unspecified atom stereocenters. The quantitative estimate of drug-likeness (QED) is 0.394. The molecule has 0 fully saturated rings. The van der Waals surface area contributed by atoms with Gasteiger partial charge in [0.2, 0.25) is 5.78 Å². The van der Waals surface area contributed by atoms with Crippen molar-refractivity contribution in [3.63, 3.8) is 0 Å². The van der Waals surface area contributed by atoms with Crippen molar-refractivity contribution < 1.29 is 33.8 Å². The van der Waals surface area contributed by atoms with Crippen molar-refractivity contribution in [3.05, 3.63) is 41.7 Å². The van der Waals surface area contributed by atoms with E-state index in [4.69, 9.17) is 9.84 Å². The predicted molar refractivity (Wildman–Crippen MR) is 108 cm³/mol. The fraction of sp³-hybridized carbons (Fsp3) is 0.381. The minimum atomic E-state index is -0.999. The number of aromatic nitrogens is 2. The Bertz CT molecular complexity index is 901. The number of ether oxygens (including phenoxy) is 2. The summed E-state index contributed by atoms with van der Waals surface area (Å²) in [6.07, 6.45) is 0.340. The Morgan fingerprint density at radius 2 is 1.73 bits per heavy atom. The van der Waals surface area contributed by atoms with Crippen molar-refractivity contribution in [1.29, 1.82) is 0 Å². The summed E-state index contributed by atoms with van der Waals surface area (Å²) in [5.74, 6) is -3.06. The molecule has 0 radical (unpaired) electrons. The van der Waals surface area contributed by atoms with Gasteiger partial charge in [0, 0.05) is 0 Å². The van der Waals surface area contributed by atoms with Gasteiger partial charge in [0.1, 0.15) is 11.5 Å². The average molecular weight is 418 g/mol. The van der Waals surface area contributed by atoms with Gasteiger partial charge in [-0.3, -0.25) is 9.59 Å². The van der Waals surface area contributed by atoms with Crippen LogP contribution in [-0.4, -0.2) is 52.1 Å². The molecule has 2 aromatic rings. The van der Waals surface area contributed by atoms with Gasteiger partial charge in [-0.15, -0.1) is 0 Å². The fourth-order valence-corrected chi connectivity index (χ4v) is 2.57. The van der Waals surface area contributed by atoms with Gasteiger partial charge in [0.05, 0.1) is 31.0 Å². The maximum atomic E-state index is 11.2. The lowest BCUT2D eigenvalue weighted by Gasteiger charge is -2.07. The molecule has 1 aromatic heterocycles. The van der Waals surface area contributed by atoms with Crippen molar-refractivity contribution >= 4 is 23.5 Å². The monoisotopic (exact) mass is 418 g/mol. The second-order valence-corrected chi connectivity index (χ2v) is 6.24. The Hall–Kier alpha value is -3.49. The zero-order valence-electron chi connectivity index (χ0n) is 17.7. The highest BCUT2D eigenvalue weighted by Crippen LogP contribution is 2.17.